The van der Waals surface area contributed by atoms with E-state index in [9.17, 15) is 9.59 Å². The summed E-state index contributed by atoms with van der Waals surface area (Å²) in [4.78, 5) is 22.7. The summed E-state index contributed by atoms with van der Waals surface area (Å²) < 4.78 is 0. The average Bonchev–Trinajstić information content (AvgIpc) is 2.26. The fourth-order valence-electron chi connectivity index (χ4n) is 1.99. The number of aliphatic carboxylic acids is 1. The number of hydrogen-bond donors (Lipinski definition) is 3. The van der Waals surface area contributed by atoms with Gasteiger partial charge in [0.05, 0.1) is 0 Å². The van der Waals surface area contributed by atoms with Gasteiger partial charge in [0.25, 0.3) is 0 Å². The molecule has 0 aromatic heterocycles. The minimum Gasteiger partial charge on any atom is -0.480 e. The topological polar surface area (TPSA) is 92.4 Å². The number of carboxylic acids is 1. The minimum atomic E-state index is -0.974. The first-order valence-electron chi connectivity index (χ1n) is 6.62. The molecule has 5 nitrogen and oxygen atoms in total. The monoisotopic (exact) mass is 258 g/mol. The van der Waals surface area contributed by atoms with E-state index >= 15 is 0 Å². The molecule has 2 atom stereocenters. The fourth-order valence-corrected chi connectivity index (χ4v) is 1.99. The molecule has 1 unspecified atom stereocenters. The Morgan fingerprint density at radius 1 is 1.33 bits per heavy atom. The first-order chi connectivity index (χ1) is 8.40. The molecular formula is C13H26N2O3. The standard InChI is InChI=1S/C13H26N2O3/c1-4-5-11(13(17)18)15-12(16)7-10(8-14)6-9(2)3/h9-11H,4-8,14H2,1-3H3,(H,15,16)(H,17,18)/t10-,11?/m0/s1. The smallest absolute Gasteiger partial charge is 0.326 e. The maximum atomic E-state index is 11.8. The van der Waals surface area contributed by atoms with E-state index < -0.39 is 12.0 Å². The van der Waals surface area contributed by atoms with E-state index in [2.05, 4.69) is 19.2 Å². The number of hydrogen-bond acceptors (Lipinski definition) is 3. The molecule has 0 aliphatic carbocycles. The van der Waals surface area contributed by atoms with Crippen LogP contribution in [0.25, 0.3) is 0 Å². The number of amides is 1. The molecule has 0 heterocycles. The summed E-state index contributed by atoms with van der Waals surface area (Å²) in [6.07, 6.45) is 2.37. The maximum absolute atomic E-state index is 11.8. The van der Waals surface area contributed by atoms with Gasteiger partial charge >= 0.3 is 5.97 Å². The van der Waals surface area contributed by atoms with Gasteiger partial charge < -0.3 is 16.2 Å². The van der Waals surface area contributed by atoms with Crippen LogP contribution in [0.3, 0.4) is 0 Å². The summed E-state index contributed by atoms with van der Waals surface area (Å²) >= 11 is 0. The van der Waals surface area contributed by atoms with E-state index in [0.717, 1.165) is 12.8 Å². The molecule has 0 saturated heterocycles. The number of carbonyl (C=O) groups is 2. The SMILES string of the molecule is CCCC(NC(=O)C[C@@H](CN)CC(C)C)C(=O)O. The quantitative estimate of drug-likeness (QED) is 0.582. The Kier molecular flexibility index (Phi) is 8.37. The van der Waals surface area contributed by atoms with Crippen LogP contribution in [0.4, 0.5) is 0 Å². The molecule has 4 N–H and O–H groups in total. The van der Waals surface area contributed by atoms with Gasteiger partial charge in [-0.1, -0.05) is 27.2 Å². The Morgan fingerprint density at radius 3 is 2.33 bits per heavy atom. The van der Waals surface area contributed by atoms with Crippen molar-refractivity contribution in [1.29, 1.82) is 0 Å². The molecule has 0 rings (SSSR count). The summed E-state index contributed by atoms with van der Waals surface area (Å²) in [5.74, 6) is -0.580. The van der Waals surface area contributed by atoms with E-state index in [4.69, 9.17) is 10.8 Å². The highest BCUT2D eigenvalue weighted by Crippen LogP contribution is 2.14. The lowest BCUT2D eigenvalue weighted by molar-refractivity contribution is -0.142. The van der Waals surface area contributed by atoms with Crippen molar-refractivity contribution >= 4 is 11.9 Å². The van der Waals surface area contributed by atoms with Crippen LogP contribution < -0.4 is 11.1 Å². The van der Waals surface area contributed by atoms with Gasteiger partial charge in [-0.15, -0.1) is 0 Å². The highest BCUT2D eigenvalue weighted by molar-refractivity contribution is 5.83. The van der Waals surface area contributed by atoms with Crippen LogP contribution in [0.2, 0.25) is 0 Å². The number of carboxylic acid groups (broad SMARTS) is 1. The van der Waals surface area contributed by atoms with Crippen LogP contribution in [0, 0.1) is 11.8 Å². The van der Waals surface area contributed by atoms with Crippen molar-refractivity contribution in [1.82, 2.24) is 5.32 Å². The normalized spacial score (nSPS) is 14.3. The van der Waals surface area contributed by atoms with Crippen molar-refractivity contribution in [2.45, 2.75) is 52.5 Å². The van der Waals surface area contributed by atoms with Gasteiger partial charge in [0, 0.05) is 6.42 Å². The van der Waals surface area contributed by atoms with Crippen molar-refractivity contribution in [3.05, 3.63) is 0 Å². The molecule has 5 heteroatoms. The zero-order valence-electron chi connectivity index (χ0n) is 11.6. The first kappa shape index (κ1) is 16.9. The van der Waals surface area contributed by atoms with E-state index in [1.54, 1.807) is 0 Å². The summed E-state index contributed by atoms with van der Waals surface area (Å²) in [5, 5.41) is 11.5. The molecule has 18 heavy (non-hydrogen) atoms. The largest absolute Gasteiger partial charge is 0.480 e. The van der Waals surface area contributed by atoms with E-state index in [1.165, 1.54) is 0 Å². The van der Waals surface area contributed by atoms with Gasteiger partial charge in [-0.25, -0.2) is 4.79 Å². The predicted octanol–water partition coefficient (Wildman–Crippen LogP) is 1.37. The molecule has 0 bridgehead atoms. The second-order valence-corrected chi connectivity index (χ2v) is 5.18. The molecule has 0 fully saturated rings. The fraction of sp³-hybridized carbons (Fsp3) is 0.846. The van der Waals surface area contributed by atoms with Gasteiger partial charge in [0.2, 0.25) is 5.91 Å². The minimum absolute atomic E-state index is 0.126. The van der Waals surface area contributed by atoms with Crippen LogP contribution in [0.15, 0.2) is 0 Å². The maximum Gasteiger partial charge on any atom is 0.326 e. The Bertz CT molecular complexity index is 267. The van der Waals surface area contributed by atoms with Crippen LogP contribution in [0.5, 0.6) is 0 Å². The van der Waals surface area contributed by atoms with E-state index in [1.807, 2.05) is 6.92 Å². The lowest BCUT2D eigenvalue weighted by atomic mass is 9.94. The summed E-state index contributed by atoms with van der Waals surface area (Å²) in [7, 11) is 0. The lowest BCUT2D eigenvalue weighted by Gasteiger charge is -2.19. The highest BCUT2D eigenvalue weighted by atomic mass is 16.4. The molecule has 0 aromatic rings. The number of rotatable bonds is 9. The van der Waals surface area contributed by atoms with Gasteiger partial charge in [0.1, 0.15) is 6.04 Å². The summed E-state index contributed by atoms with van der Waals surface area (Å²) in [5.41, 5.74) is 5.62. The van der Waals surface area contributed by atoms with Crippen LogP contribution >= 0.6 is 0 Å². The molecule has 0 saturated carbocycles. The highest BCUT2D eigenvalue weighted by Gasteiger charge is 2.21. The molecule has 0 aliphatic heterocycles. The number of carbonyl (C=O) groups excluding carboxylic acids is 1. The molecule has 0 spiro atoms. The van der Waals surface area contributed by atoms with E-state index in [-0.39, 0.29) is 11.8 Å². The van der Waals surface area contributed by atoms with Crippen LogP contribution in [0.1, 0.15) is 46.5 Å². The third kappa shape index (κ3) is 7.27. The van der Waals surface area contributed by atoms with Crippen molar-refractivity contribution in [3.8, 4) is 0 Å². The van der Waals surface area contributed by atoms with Crippen molar-refractivity contribution in [2.24, 2.45) is 17.6 Å². The second-order valence-electron chi connectivity index (χ2n) is 5.18. The lowest BCUT2D eigenvalue weighted by Crippen LogP contribution is -2.41. The molecule has 106 valence electrons. The first-order valence-corrected chi connectivity index (χ1v) is 6.62. The molecule has 0 radical (unpaired) electrons. The van der Waals surface area contributed by atoms with Crippen LogP contribution in [-0.2, 0) is 9.59 Å². The summed E-state index contributed by atoms with van der Waals surface area (Å²) in [6.45, 7) is 6.51. The Morgan fingerprint density at radius 2 is 1.94 bits per heavy atom. The Balaban J connectivity index is 4.24. The van der Waals surface area contributed by atoms with Crippen molar-refractivity contribution in [3.63, 3.8) is 0 Å². The van der Waals surface area contributed by atoms with Gasteiger partial charge in [-0.3, -0.25) is 4.79 Å². The van der Waals surface area contributed by atoms with Gasteiger partial charge in [-0.05, 0) is 31.2 Å². The van der Waals surface area contributed by atoms with Gasteiger partial charge in [0.15, 0.2) is 0 Å². The second kappa shape index (κ2) is 8.91. The van der Waals surface area contributed by atoms with Gasteiger partial charge in [-0.2, -0.15) is 0 Å². The predicted molar refractivity (Wildman–Crippen MR) is 71.1 cm³/mol. The van der Waals surface area contributed by atoms with Crippen LogP contribution in [-0.4, -0.2) is 29.6 Å². The van der Waals surface area contributed by atoms with E-state index in [0.29, 0.717) is 25.3 Å². The Labute approximate surface area is 109 Å². The van der Waals surface area contributed by atoms with Crippen molar-refractivity contribution in [2.75, 3.05) is 6.54 Å². The average molecular weight is 258 g/mol. The van der Waals surface area contributed by atoms with Crippen molar-refractivity contribution < 1.29 is 14.7 Å². The number of nitrogens with two attached hydrogens (primary N) is 1. The zero-order chi connectivity index (χ0) is 14.1. The number of nitrogens with one attached hydrogen (secondary N) is 1. The third-order valence-electron chi connectivity index (χ3n) is 2.82. The third-order valence-corrected chi connectivity index (χ3v) is 2.82. The molecule has 1 amide bonds. The molecular weight excluding hydrogens is 232 g/mol. The molecule has 0 aromatic carbocycles. The Hall–Kier alpha value is -1.10. The molecule has 0 aliphatic rings. The summed E-state index contributed by atoms with van der Waals surface area (Å²) in [6, 6.07) is -0.778. The zero-order valence-corrected chi connectivity index (χ0v) is 11.6.